The van der Waals surface area contributed by atoms with Gasteiger partial charge in [-0.3, -0.25) is 0 Å². The molecule has 1 aliphatic carbocycles. The zero-order valence-corrected chi connectivity index (χ0v) is 19.9. The molecule has 1 saturated carbocycles. The van der Waals surface area contributed by atoms with Gasteiger partial charge in [0.25, 0.3) is 0 Å². The maximum atomic E-state index is 14.3. The molecular weight excluding hydrogens is 486 g/mol. The maximum absolute atomic E-state index is 14.3. The third-order valence-electron chi connectivity index (χ3n) is 7.00. The Labute approximate surface area is 210 Å². The summed E-state index contributed by atoms with van der Waals surface area (Å²) >= 11 is 0. The van der Waals surface area contributed by atoms with Crippen LogP contribution in [0.1, 0.15) is 46.7 Å². The highest BCUT2D eigenvalue weighted by molar-refractivity contribution is 5.82. The van der Waals surface area contributed by atoms with Gasteiger partial charge in [-0.1, -0.05) is 12.1 Å². The Morgan fingerprint density at radius 2 is 1.84 bits per heavy atom. The third-order valence-corrected chi connectivity index (χ3v) is 7.00. The van der Waals surface area contributed by atoms with Crippen molar-refractivity contribution >= 4 is 5.82 Å². The molecule has 2 aliphatic rings. The molecule has 2 aromatic carbocycles. The molecule has 37 heavy (non-hydrogen) atoms. The molecule has 6 rings (SSSR count). The zero-order chi connectivity index (χ0) is 25.9. The molecule has 0 atom stereocenters. The van der Waals surface area contributed by atoms with Crippen molar-refractivity contribution in [2.45, 2.75) is 44.6 Å². The van der Waals surface area contributed by atoms with Crippen molar-refractivity contribution in [1.29, 1.82) is 0 Å². The number of hydrogen-bond donors (Lipinski definition) is 1. The van der Waals surface area contributed by atoms with Crippen molar-refractivity contribution in [2.75, 3.05) is 4.90 Å². The highest BCUT2D eigenvalue weighted by Gasteiger charge is 2.38. The largest absolute Gasteiger partial charge is 0.416 e. The molecule has 190 valence electrons. The quantitative estimate of drug-likeness (QED) is 0.355. The molecule has 0 radical (unpaired) electrons. The molecular formula is C27H23F4N5O. The molecule has 1 N–H and O–H groups in total. The van der Waals surface area contributed by atoms with Crippen LogP contribution >= 0.6 is 0 Å². The number of rotatable bonds is 5. The predicted molar refractivity (Wildman–Crippen MR) is 129 cm³/mol. The summed E-state index contributed by atoms with van der Waals surface area (Å²) in [7, 11) is 1.78. The van der Waals surface area contributed by atoms with Gasteiger partial charge >= 0.3 is 6.18 Å². The highest BCUT2D eigenvalue weighted by atomic mass is 19.4. The molecule has 0 bridgehead atoms. The van der Waals surface area contributed by atoms with E-state index >= 15 is 0 Å². The Kier molecular flexibility index (Phi) is 5.52. The van der Waals surface area contributed by atoms with Gasteiger partial charge in [0.2, 0.25) is 0 Å². The van der Waals surface area contributed by atoms with Crippen molar-refractivity contribution in [3.05, 3.63) is 82.6 Å². The lowest BCUT2D eigenvalue weighted by molar-refractivity contribution is -0.138. The van der Waals surface area contributed by atoms with E-state index in [2.05, 4.69) is 10.2 Å². The van der Waals surface area contributed by atoms with Crippen LogP contribution in [0.5, 0.6) is 0 Å². The number of fused-ring (bicyclic) bond motifs is 1. The van der Waals surface area contributed by atoms with Crippen LogP contribution in [0.4, 0.5) is 23.4 Å². The van der Waals surface area contributed by atoms with Crippen LogP contribution in [0.3, 0.4) is 0 Å². The van der Waals surface area contributed by atoms with E-state index in [4.69, 9.17) is 4.98 Å². The molecule has 10 heteroatoms. The average Bonchev–Trinajstić information content (AvgIpc) is 3.49. The Bertz CT molecular complexity index is 1510. The second-order valence-electron chi connectivity index (χ2n) is 9.66. The molecule has 0 unspecified atom stereocenters. The van der Waals surface area contributed by atoms with Crippen LogP contribution in [0.25, 0.3) is 22.5 Å². The summed E-state index contributed by atoms with van der Waals surface area (Å²) in [5.74, 6) is 0.935. The third kappa shape index (κ3) is 4.35. The minimum Gasteiger partial charge on any atom is -0.392 e. The molecule has 0 saturated heterocycles. The van der Waals surface area contributed by atoms with E-state index in [9.17, 15) is 22.7 Å². The van der Waals surface area contributed by atoms with Crippen LogP contribution in [-0.4, -0.2) is 24.9 Å². The van der Waals surface area contributed by atoms with E-state index < -0.39 is 24.2 Å². The molecule has 2 aromatic heterocycles. The summed E-state index contributed by atoms with van der Waals surface area (Å²) in [6, 6.07) is 10.9. The second-order valence-corrected chi connectivity index (χ2v) is 9.66. The van der Waals surface area contributed by atoms with Crippen LogP contribution in [0.15, 0.2) is 48.8 Å². The van der Waals surface area contributed by atoms with Gasteiger partial charge in [0, 0.05) is 37.3 Å². The van der Waals surface area contributed by atoms with E-state index in [0.717, 1.165) is 35.7 Å². The normalized spacial score (nSPS) is 15.4. The van der Waals surface area contributed by atoms with E-state index in [0.29, 0.717) is 22.8 Å². The number of halogens is 4. The van der Waals surface area contributed by atoms with Gasteiger partial charge in [0.1, 0.15) is 18.0 Å². The summed E-state index contributed by atoms with van der Waals surface area (Å²) in [6.07, 6.45) is -1.00. The summed E-state index contributed by atoms with van der Waals surface area (Å²) in [6.45, 7) is -0.173. The van der Waals surface area contributed by atoms with Gasteiger partial charge in [-0.05, 0) is 71.0 Å². The average molecular weight is 510 g/mol. The lowest BCUT2D eigenvalue weighted by atomic mass is 9.98. The Morgan fingerprint density at radius 1 is 1.03 bits per heavy atom. The molecule has 1 fully saturated rings. The number of aliphatic hydroxyl groups is 1. The lowest BCUT2D eigenvalue weighted by Gasteiger charge is -2.20. The molecule has 0 spiro atoms. The molecule has 6 nitrogen and oxygen atoms in total. The number of aromatic nitrogens is 4. The van der Waals surface area contributed by atoms with E-state index in [-0.39, 0.29) is 30.1 Å². The first-order chi connectivity index (χ1) is 17.7. The molecule has 1 aliphatic heterocycles. The first-order valence-corrected chi connectivity index (χ1v) is 11.9. The number of anilines is 1. The number of alkyl halides is 3. The van der Waals surface area contributed by atoms with Gasteiger partial charge in [-0.2, -0.15) is 13.2 Å². The van der Waals surface area contributed by atoms with E-state index in [1.807, 2.05) is 17.0 Å². The Balaban J connectivity index is 1.45. The summed E-state index contributed by atoms with van der Waals surface area (Å²) in [5, 5.41) is 17.6. The van der Waals surface area contributed by atoms with Crippen molar-refractivity contribution in [1.82, 2.24) is 19.7 Å². The summed E-state index contributed by atoms with van der Waals surface area (Å²) in [5.41, 5.74) is 3.18. The number of pyridine rings is 1. The lowest BCUT2D eigenvalue weighted by Crippen LogP contribution is -2.17. The first-order valence-electron chi connectivity index (χ1n) is 11.9. The fourth-order valence-corrected chi connectivity index (χ4v) is 5.01. The Morgan fingerprint density at radius 3 is 2.51 bits per heavy atom. The van der Waals surface area contributed by atoms with Crippen LogP contribution < -0.4 is 4.90 Å². The fraction of sp³-hybridized carbons (Fsp3) is 0.296. The number of aliphatic hydroxyl groups excluding tert-OH is 1. The second kappa shape index (κ2) is 8.65. The zero-order valence-electron chi connectivity index (χ0n) is 19.9. The molecule has 0 amide bonds. The number of aryl methyl sites for hydroxylation is 1. The van der Waals surface area contributed by atoms with Crippen molar-refractivity contribution in [3.8, 4) is 22.5 Å². The number of nitrogens with zero attached hydrogens (tertiary/aromatic N) is 5. The monoisotopic (exact) mass is 509 g/mol. The smallest absolute Gasteiger partial charge is 0.392 e. The standard InChI is InChI=1S/C27H23F4N5O/c1-35-14-32-34-26(35)21-10-19(28)4-5-20(21)17-8-24(16-2-3-16)33-25(9-17)36-11-18-6-15(13-37)7-23(22(18)12-36)27(29,30)31/h4-10,14,16,37H,2-3,11-13H2,1H3. The molecule has 3 heterocycles. The van der Waals surface area contributed by atoms with Gasteiger partial charge in [-0.25, -0.2) is 9.37 Å². The highest BCUT2D eigenvalue weighted by Crippen LogP contribution is 2.44. The van der Waals surface area contributed by atoms with Crippen LogP contribution in [-0.2, 0) is 32.9 Å². The van der Waals surface area contributed by atoms with Gasteiger partial charge in [0.15, 0.2) is 5.82 Å². The SMILES string of the molecule is Cn1cnnc1-c1cc(F)ccc1-c1cc(C2CC2)nc(N2Cc3cc(CO)cc(C(F)(F)F)c3C2)c1. The predicted octanol–water partition coefficient (Wildman–Crippen LogP) is 5.59. The van der Waals surface area contributed by atoms with Gasteiger partial charge < -0.3 is 14.6 Å². The number of hydrogen-bond acceptors (Lipinski definition) is 5. The van der Waals surface area contributed by atoms with E-state index in [1.165, 1.54) is 18.5 Å². The van der Waals surface area contributed by atoms with Crippen molar-refractivity contribution in [2.24, 2.45) is 7.05 Å². The van der Waals surface area contributed by atoms with Crippen molar-refractivity contribution < 1.29 is 22.7 Å². The first kappa shape index (κ1) is 23.6. The van der Waals surface area contributed by atoms with Gasteiger partial charge in [-0.15, -0.1) is 10.2 Å². The van der Waals surface area contributed by atoms with Crippen molar-refractivity contribution in [3.63, 3.8) is 0 Å². The summed E-state index contributed by atoms with van der Waals surface area (Å²) < 4.78 is 57.5. The Hall–Kier alpha value is -3.79. The topological polar surface area (TPSA) is 67.1 Å². The molecule has 4 aromatic rings. The number of benzene rings is 2. The summed E-state index contributed by atoms with van der Waals surface area (Å²) in [4.78, 5) is 6.66. The minimum absolute atomic E-state index is 0.0516. The van der Waals surface area contributed by atoms with Crippen LogP contribution in [0.2, 0.25) is 0 Å². The van der Waals surface area contributed by atoms with E-state index in [1.54, 1.807) is 23.7 Å². The maximum Gasteiger partial charge on any atom is 0.416 e. The fourth-order valence-electron chi connectivity index (χ4n) is 5.01. The minimum atomic E-state index is -4.53. The van der Waals surface area contributed by atoms with Crippen LogP contribution in [0, 0.1) is 5.82 Å². The van der Waals surface area contributed by atoms with Gasteiger partial charge in [0.05, 0.1) is 12.2 Å².